The van der Waals surface area contributed by atoms with Crippen LogP contribution < -0.4 is 0 Å². The van der Waals surface area contributed by atoms with Gasteiger partial charge in [0.15, 0.2) is 0 Å². The third-order valence-electron chi connectivity index (χ3n) is 4.00. The number of ketones is 1. The number of hydrogen-bond donors (Lipinski definition) is 0. The Hall–Kier alpha value is -1.16. The maximum atomic E-state index is 11.5. The molecule has 0 saturated carbocycles. The average molecular weight is 502 g/mol. The molecule has 0 aliphatic carbocycles. The van der Waals surface area contributed by atoms with Crippen molar-refractivity contribution in [2.45, 2.75) is 120 Å². The number of Topliss-reactive ketones (excluding diaryl/α,β-unsaturated/α-hetero) is 1. The summed E-state index contributed by atoms with van der Waals surface area (Å²) in [6.07, 6.45) is 5.00. The molecule has 3 nitrogen and oxygen atoms in total. The standard InChI is InChI=1S/C15H28O3.C8H9Br.2C2H6/c1-6-8-13(11-12(2)16)9-7-10-14(17)18-15(3,4)5;1-6-3-4-8(9)7(2)5-6;2*1-2/h13H,6-11H2,1-5H3;3-5H,1-2H3;2*1-2H3. The van der Waals surface area contributed by atoms with Crippen LogP contribution in [-0.2, 0) is 14.3 Å². The van der Waals surface area contributed by atoms with E-state index in [1.54, 1.807) is 6.92 Å². The summed E-state index contributed by atoms with van der Waals surface area (Å²) in [5.41, 5.74) is 2.21. The highest BCUT2D eigenvalue weighted by molar-refractivity contribution is 9.10. The molecule has 1 aromatic carbocycles. The number of halogens is 1. The molecule has 0 radical (unpaired) electrons. The SMILES string of the molecule is CC.CC.CCCC(CCCC(=O)OC(C)(C)C)CC(C)=O.Cc1ccc(Br)c(C)c1. The molecule has 0 aromatic heterocycles. The van der Waals surface area contributed by atoms with Gasteiger partial charge in [0, 0.05) is 17.3 Å². The first kappa shape index (κ1) is 34.5. The highest BCUT2D eigenvalue weighted by atomic mass is 79.9. The van der Waals surface area contributed by atoms with Gasteiger partial charge < -0.3 is 9.53 Å². The highest BCUT2D eigenvalue weighted by Gasteiger charge is 2.17. The normalized spacial score (nSPS) is 10.8. The number of esters is 1. The van der Waals surface area contributed by atoms with Gasteiger partial charge in [0.2, 0.25) is 0 Å². The summed E-state index contributed by atoms with van der Waals surface area (Å²) < 4.78 is 6.44. The quantitative estimate of drug-likeness (QED) is 0.334. The predicted molar refractivity (Wildman–Crippen MR) is 140 cm³/mol. The van der Waals surface area contributed by atoms with E-state index in [1.165, 1.54) is 15.6 Å². The summed E-state index contributed by atoms with van der Waals surface area (Å²) in [5.74, 6) is 0.529. The lowest BCUT2D eigenvalue weighted by molar-refractivity contribution is -0.154. The van der Waals surface area contributed by atoms with Gasteiger partial charge >= 0.3 is 5.97 Å². The van der Waals surface area contributed by atoms with Crippen molar-refractivity contribution in [2.75, 3.05) is 0 Å². The summed E-state index contributed by atoms with van der Waals surface area (Å²) >= 11 is 3.43. The molecular weight excluding hydrogens is 452 g/mol. The van der Waals surface area contributed by atoms with Gasteiger partial charge in [-0.2, -0.15) is 0 Å². The van der Waals surface area contributed by atoms with Crippen molar-refractivity contribution in [2.24, 2.45) is 5.92 Å². The summed E-state index contributed by atoms with van der Waals surface area (Å²) in [7, 11) is 0. The molecule has 1 atom stereocenters. The van der Waals surface area contributed by atoms with E-state index in [0.717, 1.165) is 25.7 Å². The molecule has 0 bridgehead atoms. The fourth-order valence-corrected chi connectivity index (χ4v) is 3.13. The third kappa shape index (κ3) is 23.3. The van der Waals surface area contributed by atoms with Crippen molar-refractivity contribution in [3.05, 3.63) is 33.8 Å². The van der Waals surface area contributed by atoms with Crippen LogP contribution in [0.25, 0.3) is 0 Å². The lowest BCUT2D eigenvalue weighted by atomic mass is 9.92. The van der Waals surface area contributed by atoms with E-state index in [9.17, 15) is 9.59 Å². The fraction of sp³-hybridized carbons (Fsp3) is 0.704. The van der Waals surface area contributed by atoms with E-state index >= 15 is 0 Å². The summed E-state index contributed by atoms with van der Waals surface area (Å²) in [6.45, 7) is 21.6. The van der Waals surface area contributed by atoms with Crippen LogP contribution in [0.2, 0.25) is 0 Å². The Morgan fingerprint density at radius 3 is 1.97 bits per heavy atom. The van der Waals surface area contributed by atoms with Gasteiger partial charge in [-0.3, -0.25) is 4.79 Å². The van der Waals surface area contributed by atoms with Gasteiger partial charge in [-0.25, -0.2) is 0 Å². The van der Waals surface area contributed by atoms with Crippen LogP contribution in [0, 0.1) is 19.8 Å². The molecule has 182 valence electrons. The Morgan fingerprint density at radius 2 is 1.58 bits per heavy atom. The molecule has 1 aromatic rings. The molecule has 0 fully saturated rings. The molecule has 0 heterocycles. The number of aryl methyl sites for hydroxylation is 2. The lowest BCUT2D eigenvalue weighted by Gasteiger charge is -2.20. The van der Waals surface area contributed by atoms with Crippen LogP contribution in [-0.4, -0.2) is 17.4 Å². The van der Waals surface area contributed by atoms with Gasteiger partial charge in [0.1, 0.15) is 11.4 Å². The van der Waals surface area contributed by atoms with E-state index in [-0.39, 0.29) is 11.8 Å². The third-order valence-corrected chi connectivity index (χ3v) is 4.89. The van der Waals surface area contributed by atoms with E-state index in [0.29, 0.717) is 18.8 Å². The Balaban J connectivity index is -0.000000500. The molecule has 0 aliphatic rings. The number of hydrogen-bond acceptors (Lipinski definition) is 3. The molecule has 0 amide bonds. The Morgan fingerprint density at radius 1 is 1.03 bits per heavy atom. The number of carbonyl (C=O) groups excluding carboxylic acids is 2. The summed E-state index contributed by atoms with van der Waals surface area (Å²) in [4.78, 5) is 22.7. The minimum atomic E-state index is -0.403. The van der Waals surface area contributed by atoms with E-state index in [1.807, 2.05) is 48.5 Å². The first-order valence-electron chi connectivity index (χ1n) is 11.9. The van der Waals surface area contributed by atoms with E-state index in [4.69, 9.17) is 4.74 Å². The van der Waals surface area contributed by atoms with Crippen molar-refractivity contribution in [3.8, 4) is 0 Å². The lowest BCUT2D eigenvalue weighted by Crippen LogP contribution is -2.23. The summed E-state index contributed by atoms with van der Waals surface area (Å²) in [5, 5.41) is 0. The van der Waals surface area contributed by atoms with Crippen molar-refractivity contribution < 1.29 is 14.3 Å². The molecule has 31 heavy (non-hydrogen) atoms. The van der Waals surface area contributed by atoms with Crippen molar-refractivity contribution >= 4 is 27.7 Å². The molecule has 4 heteroatoms. The van der Waals surface area contributed by atoms with Crippen LogP contribution in [0.4, 0.5) is 0 Å². The maximum absolute atomic E-state index is 11.5. The van der Waals surface area contributed by atoms with Crippen molar-refractivity contribution in [1.82, 2.24) is 0 Å². The van der Waals surface area contributed by atoms with Crippen LogP contribution in [0.5, 0.6) is 0 Å². The molecule has 0 saturated heterocycles. The summed E-state index contributed by atoms with van der Waals surface area (Å²) in [6, 6.07) is 6.33. The second-order valence-corrected chi connectivity index (χ2v) is 9.15. The van der Waals surface area contributed by atoms with Crippen LogP contribution in [0.15, 0.2) is 22.7 Å². The maximum Gasteiger partial charge on any atom is 0.306 e. The van der Waals surface area contributed by atoms with Crippen molar-refractivity contribution in [3.63, 3.8) is 0 Å². The van der Waals surface area contributed by atoms with E-state index in [2.05, 4.69) is 54.9 Å². The Labute approximate surface area is 201 Å². The zero-order valence-corrected chi connectivity index (χ0v) is 23.7. The molecule has 1 rings (SSSR count). The first-order chi connectivity index (χ1) is 14.4. The zero-order valence-electron chi connectivity index (χ0n) is 22.2. The topological polar surface area (TPSA) is 43.4 Å². The zero-order chi connectivity index (χ0) is 25.0. The largest absolute Gasteiger partial charge is 0.460 e. The van der Waals surface area contributed by atoms with Crippen molar-refractivity contribution in [1.29, 1.82) is 0 Å². The second kappa shape index (κ2) is 20.7. The van der Waals surface area contributed by atoms with Gasteiger partial charge in [-0.1, -0.05) is 81.1 Å². The predicted octanol–water partition coefficient (Wildman–Crippen LogP) is 9.01. The van der Waals surface area contributed by atoms with Gasteiger partial charge in [-0.05, 0) is 71.9 Å². The fourth-order valence-electron chi connectivity index (χ4n) is 2.89. The van der Waals surface area contributed by atoms with Gasteiger partial charge in [0.25, 0.3) is 0 Å². The smallest absolute Gasteiger partial charge is 0.306 e. The number of carbonyl (C=O) groups is 2. The van der Waals surface area contributed by atoms with E-state index < -0.39 is 5.60 Å². The van der Waals surface area contributed by atoms with Crippen LogP contribution >= 0.6 is 15.9 Å². The highest BCUT2D eigenvalue weighted by Crippen LogP contribution is 2.20. The average Bonchev–Trinajstić information content (AvgIpc) is 2.67. The number of ether oxygens (including phenoxy) is 1. The van der Waals surface area contributed by atoms with Crippen LogP contribution in [0.1, 0.15) is 112 Å². The molecule has 0 spiro atoms. The molecule has 1 unspecified atom stereocenters. The molecule has 0 N–H and O–H groups in total. The van der Waals surface area contributed by atoms with Gasteiger partial charge in [-0.15, -0.1) is 0 Å². The minimum absolute atomic E-state index is 0.138. The van der Waals surface area contributed by atoms with Gasteiger partial charge in [0.05, 0.1) is 0 Å². The Bertz CT molecular complexity index is 589. The molecular formula is C27H49BrO3. The number of rotatable bonds is 8. The molecule has 0 aliphatic heterocycles. The minimum Gasteiger partial charge on any atom is -0.460 e. The first-order valence-corrected chi connectivity index (χ1v) is 12.7. The number of benzene rings is 1. The Kier molecular flexibility index (Phi) is 23.0. The second-order valence-electron chi connectivity index (χ2n) is 8.29. The van der Waals surface area contributed by atoms with Crippen LogP contribution in [0.3, 0.4) is 0 Å². The monoisotopic (exact) mass is 500 g/mol.